The molecule has 1 heterocycles. The highest BCUT2D eigenvalue weighted by Gasteiger charge is 2.14. The van der Waals surface area contributed by atoms with E-state index in [0.29, 0.717) is 32.1 Å². The lowest BCUT2D eigenvalue weighted by molar-refractivity contribution is -0.116. The molecule has 7 nitrogen and oxygen atoms in total. The molecular formula is C21H26N4O3. The monoisotopic (exact) mass is 382 g/mol. The third kappa shape index (κ3) is 5.16. The Morgan fingerprint density at radius 3 is 2.86 bits per heavy atom. The fourth-order valence-electron chi connectivity index (χ4n) is 3.04. The van der Waals surface area contributed by atoms with Crippen molar-refractivity contribution in [2.75, 3.05) is 32.6 Å². The molecule has 7 heteroatoms. The summed E-state index contributed by atoms with van der Waals surface area (Å²) >= 11 is 0. The second kappa shape index (κ2) is 9.64. The number of methoxy groups -OCH3 is 1. The van der Waals surface area contributed by atoms with Crippen LogP contribution in [0.4, 0.5) is 5.69 Å². The number of nitrogens with zero attached hydrogens (tertiary/aromatic N) is 1. The second-order valence-corrected chi connectivity index (χ2v) is 6.38. The van der Waals surface area contributed by atoms with Gasteiger partial charge in [-0.15, -0.1) is 0 Å². The number of aliphatic imine (C=N–C) groups is 1. The highest BCUT2D eigenvalue weighted by atomic mass is 16.5. The average molecular weight is 382 g/mol. The van der Waals surface area contributed by atoms with Gasteiger partial charge >= 0.3 is 0 Å². The summed E-state index contributed by atoms with van der Waals surface area (Å²) in [6.45, 7) is 1.72. The van der Waals surface area contributed by atoms with Crippen molar-refractivity contribution < 1.29 is 14.3 Å². The summed E-state index contributed by atoms with van der Waals surface area (Å²) in [4.78, 5) is 15.6. The Balaban J connectivity index is 1.43. The van der Waals surface area contributed by atoms with Gasteiger partial charge in [0.15, 0.2) is 5.96 Å². The normalized spacial score (nSPS) is 13.4. The van der Waals surface area contributed by atoms with Crippen molar-refractivity contribution in [1.29, 1.82) is 0 Å². The Kier molecular flexibility index (Phi) is 6.73. The molecule has 0 unspecified atom stereocenters. The van der Waals surface area contributed by atoms with Crippen LogP contribution in [0.2, 0.25) is 0 Å². The molecule has 148 valence electrons. The standard InChI is InChI=1S/C21H26N4O3/c1-22-21(24-14-16-5-3-4-6-19(16)27-2)23-11-12-28-17-8-9-18-15(13-17)7-10-20(26)25-18/h3-6,8-9,13H,7,10-12,14H2,1-2H3,(H,25,26)(H2,22,23,24). The molecule has 1 aliphatic rings. The summed E-state index contributed by atoms with van der Waals surface area (Å²) in [7, 11) is 3.40. The largest absolute Gasteiger partial charge is 0.496 e. The SMILES string of the molecule is CN=C(NCCOc1ccc2c(c1)CCC(=O)N2)NCc1ccccc1OC. The van der Waals surface area contributed by atoms with Gasteiger partial charge in [0, 0.05) is 31.3 Å². The number of hydrogen-bond donors (Lipinski definition) is 3. The van der Waals surface area contributed by atoms with Gasteiger partial charge in [-0.25, -0.2) is 0 Å². The number of hydrogen-bond acceptors (Lipinski definition) is 4. The van der Waals surface area contributed by atoms with Crippen LogP contribution in [0.3, 0.4) is 0 Å². The van der Waals surface area contributed by atoms with Crippen LogP contribution < -0.4 is 25.4 Å². The molecule has 0 radical (unpaired) electrons. The second-order valence-electron chi connectivity index (χ2n) is 6.38. The van der Waals surface area contributed by atoms with E-state index in [1.165, 1.54) is 0 Å². The molecule has 0 fully saturated rings. The number of para-hydroxylation sites is 1. The van der Waals surface area contributed by atoms with Crippen molar-refractivity contribution in [3.63, 3.8) is 0 Å². The van der Waals surface area contributed by atoms with E-state index in [1.54, 1.807) is 14.2 Å². The van der Waals surface area contributed by atoms with Crippen molar-refractivity contribution in [1.82, 2.24) is 10.6 Å². The van der Waals surface area contributed by atoms with Crippen molar-refractivity contribution in [3.8, 4) is 11.5 Å². The number of amides is 1. The van der Waals surface area contributed by atoms with Gasteiger partial charge in [0.1, 0.15) is 18.1 Å². The van der Waals surface area contributed by atoms with Crippen LogP contribution in [-0.4, -0.2) is 39.2 Å². The summed E-state index contributed by atoms with van der Waals surface area (Å²) in [5, 5.41) is 9.37. The van der Waals surface area contributed by atoms with E-state index < -0.39 is 0 Å². The zero-order chi connectivity index (χ0) is 19.8. The molecule has 0 spiro atoms. The quantitative estimate of drug-likeness (QED) is 0.389. The molecule has 3 rings (SSSR count). The summed E-state index contributed by atoms with van der Waals surface area (Å²) < 4.78 is 11.2. The van der Waals surface area contributed by atoms with Gasteiger partial charge in [-0.1, -0.05) is 18.2 Å². The first kappa shape index (κ1) is 19.5. The van der Waals surface area contributed by atoms with Crippen molar-refractivity contribution in [3.05, 3.63) is 53.6 Å². The first-order chi connectivity index (χ1) is 13.7. The number of rotatable bonds is 7. The predicted octanol–water partition coefficient (Wildman–Crippen LogP) is 2.32. The summed E-state index contributed by atoms with van der Waals surface area (Å²) in [5.41, 5.74) is 3.05. The Hall–Kier alpha value is -3.22. The average Bonchev–Trinajstić information content (AvgIpc) is 2.73. The number of fused-ring (bicyclic) bond motifs is 1. The van der Waals surface area contributed by atoms with E-state index in [-0.39, 0.29) is 5.91 Å². The number of ether oxygens (including phenoxy) is 2. The lowest BCUT2D eigenvalue weighted by Gasteiger charge is -2.18. The molecule has 0 atom stereocenters. The van der Waals surface area contributed by atoms with Gasteiger partial charge in [0.2, 0.25) is 5.91 Å². The van der Waals surface area contributed by atoms with Gasteiger partial charge in [0.25, 0.3) is 0 Å². The zero-order valence-electron chi connectivity index (χ0n) is 16.2. The Morgan fingerprint density at radius 2 is 2.04 bits per heavy atom. The third-order valence-electron chi connectivity index (χ3n) is 4.50. The Labute approximate surface area is 165 Å². The number of carbonyl (C=O) groups excluding carboxylic acids is 1. The zero-order valence-corrected chi connectivity index (χ0v) is 16.2. The number of benzene rings is 2. The Morgan fingerprint density at radius 1 is 1.18 bits per heavy atom. The van der Waals surface area contributed by atoms with E-state index in [4.69, 9.17) is 9.47 Å². The van der Waals surface area contributed by atoms with Gasteiger partial charge in [0.05, 0.1) is 13.7 Å². The fourth-order valence-corrected chi connectivity index (χ4v) is 3.04. The summed E-state index contributed by atoms with van der Waals surface area (Å²) in [6.07, 6.45) is 1.27. The van der Waals surface area contributed by atoms with E-state index in [0.717, 1.165) is 34.7 Å². The number of carbonyl (C=O) groups is 1. The Bertz CT molecular complexity index is 851. The van der Waals surface area contributed by atoms with Crippen LogP contribution in [0.5, 0.6) is 11.5 Å². The summed E-state index contributed by atoms with van der Waals surface area (Å²) in [5.74, 6) is 2.41. The number of anilines is 1. The molecule has 0 aliphatic carbocycles. The van der Waals surface area contributed by atoms with Crippen molar-refractivity contribution in [2.45, 2.75) is 19.4 Å². The van der Waals surface area contributed by atoms with Crippen LogP contribution in [0.1, 0.15) is 17.5 Å². The highest BCUT2D eigenvalue weighted by Crippen LogP contribution is 2.26. The van der Waals surface area contributed by atoms with Crippen molar-refractivity contribution >= 4 is 17.6 Å². The minimum absolute atomic E-state index is 0.0670. The van der Waals surface area contributed by atoms with Gasteiger partial charge in [-0.05, 0) is 36.2 Å². The maximum absolute atomic E-state index is 11.4. The summed E-state index contributed by atoms with van der Waals surface area (Å²) in [6, 6.07) is 13.6. The molecule has 2 aromatic rings. The fraction of sp³-hybridized carbons (Fsp3) is 0.333. The molecule has 3 N–H and O–H groups in total. The predicted molar refractivity (Wildman–Crippen MR) is 110 cm³/mol. The lowest BCUT2D eigenvalue weighted by atomic mass is 10.0. The maximum atomic E-state index is 11.4. The molecular weight excluding hydrogens is 356 g/mol. The maximum Gasteiger partial charge on any atom is 0.224 e. The van der Waals surface area contributed by atoms with Crippen LogP contribution in [0.15, 0.2) is 47.5 Å². The van der Waals surface area contributed by atoms with E-state index in [1.807, 2.05) is 42.5 Å². The van der Waals surface area contributed by atoms with Crippen LogP contribution >= 0.6 is 0 Å². The van der Waals surface area contributed by atoms with E-state index in [2.05, 4.69) is 20.9 Å². The number of aryl methyl sites for hydroxylation is 1. The van der Waals surface area contributed by atoms with Crippen molar-refractivity contribution in [2.24, 2.45) is 4.99 Å². The molecule has 1 aliphatic heterocycles. The van der Waals surface area contributed by atoms with Crippen LogP contribution in [0, 0.1) is 0 Å². The lowest BCUT2D eigenvalue weighted by Crippen LogP contribution is -2.38. The highest BCUT2D eigenvalue weighted by molar-refractivity contribution is 5.94. The first-order valence-electron chi connectivity index (χ1n) is 9.31. The number of guanidine groups is 1. The molecule has 0 aromatic heterocycles. The van der Waals surface area contributed by atoms with Crippen LogP contribution in [-0.2, 0) is 17.8 Å². The molecule has 0 saturated heterocycles. The number of nitrogens with one attached hydrogen (secondary N) is 3. The van der Waals surface area contributed by atoms with E-state index in [9.17, 15) is 4.79 Å². The first-order valence-corrected chi connectivity index (χ1v) is 9.31. The third-order valence-corrected chi connectivity index (χ3v) is 4.50. The molecule has 28 heavy (non-hydrogen) atoms. The minimum atomic E-state index is 0.0670. The van der Waals surface area contributed by atoms with Gasteiger partial charge < -0.3 is 25.4 Å². The van der Waals surface area contributed by atoms with E-state index >= 15 is 0 Å². The molecule has 1 amide bonds. The van der Waals surface area contributed by atoms with Crippen LogP contribution in [0.25, 0.3) is 0 Å². The topological polar surface area (TPSA) is 84.0 Å². The molecule has 0 saturated carbocycles. The minimum Gasteiger partial charge on any atom is -0.496 e. The smallest absolute Gasteiger partial charge is 0.224 e. The van der Waals surface area contributed by atoms with Gasteiger partial charge in [-0.3, -0.25) is 9.79 Å². The molecule has 2 aromatic carbocycles. The van der Waals surface area contributed by atoms with Gasteiger partial charge in [-0.2, -0.15) is 0 Å². The molecule has 0 bridgehead atoms.